The molecule has 4 heteroatoms. The van der Waals surface area contributed by atoms with Gasteiger partial charge < -0.3 is 9.80 Å². The topological polar surface area (TPSA) is 32.3 Å². The van der Waals surface area contributed by atoms with Crippen LogP contribution in [0.5, 0.6) is 0 Å². The maximum Gasteiger partial charge on any atom is 0.0973 e. The van der Waals surface area contributed by atoms with E-state index in [4.69, 9.17) is 9.97 Å². The number of piperidine rings is 2. The third-order valence-corrected chi connectivity index (χ3v) is 7.81. The Morgan fingerprint density at radius 2 is 0.941 bits per heavy atom. The summed E-state index contributed by atoms with van der Waals surface area (Å²) in [5.74, 6) is 0. The number of anilines is 2. The van der Waals surface area contributed by atoms with Crippen LogP contribution in [0, 0.1) is 0 Å². The summed E-state index contributed by atoms with van der Waals surface area (Å²) < 4.78 is 0. The molecule has 2 saturated heterocycles. The van der Waals surface area contributed by atoms with Gasteiger partial charge in [-0.15, -0.1) is 0 Å². The Morgan fingerprint density at radius 1 is 0.471 bits per heavy atom. The fourth-order valence-corrected chi connectivity index (χ4v) is 5.93. The minimum Gasteiger partial charge on any atom is -0.372 e. The first kappa shape index (κ1) is 20.0. The largest absolute Gasteiger partial charge is 0.372 e. The maximum atomic E-state index is 5.23. The zero-order valence-corrected chi connectivity index (χ0v) is 19.6. The number of benzene rings is 4. The van der Waals surface area contributed by atoms with Gasteiger partial charge in [0.2, 0.25) is 0 Å². The molecule has 0 atom stereocenters. The lowest BCUT2D eigenvalue weighted by Crippen LogP contribution is -2.29. The second kappa shape index (κ2) is 8.12. The molecule has 4 aromatic carbocycles. The number of hydrogen-bond acceptors (Lipinski definition) is 4. The minimum atomic E-state index is 0.968. The lowest BCUT2D eigenvalue weighted by Gasteiger charge is -2.29. The van der Waals surface area contributed by atoms with Crippen LogP contribution in [0.2, 0.25) is 0 Å². The van der Waals surface area contributed by atoms with Gasteiger partial charge in [-0.2, -0.15) is 0 Å². The van der Waals surface area contributed by atoms with Crippen molar-refractivity contribution in [1.29, 1.82) is 0 Å². The summed E-state index contributed by atoms with van der Waals surface area (Å²) in [5.41, 5.74) is 6.60. The first-order valence-electron chi connectivity index (χ1n) is 12.9. The van der Waals surface area contributed by atoms with Gasteiger partial charge >= 0.3 is 0 Å². The van der Waals surface area contributed by atoms with Crippen LogP contribution in [-0.2, 0) is 0 Å². The smallest absolute Gasteiger partial charge is 0.0973 e. The third-order valence-electron chi connectivity index (χ3n) is 7.81. The molecule has 170 valence electrons. The van der Waals surface area contributed by atoms with Crippen molar-refractivity contribution in [3.05, 3.63) is 60.7 Å². The first-order chi connectivity index (χ1) is 16.8. The Labute approximate surface area is 200 Å². The summed E-state index contributed by atoms with van der Waals surface area (Å²) in [6.07, 6.45) is 7.87. The van der Waals surface area contributed by atoms with Crippen LogP contribution in [0.1, 0.15) is 38.5 Å². The summed E-state index contributed by atoms with van der Waals surface area (Å²) in [6.45, 7) is 4.65. The Kier molecular flexibility index (Phi) is 4.78. The van der Waals surface area contributed by atoms with Crippen LogP contribution < -0.4 is 9.80 Å². The fourth-order valence-electron chi connectivity index (χ4n) is 5.93. The standard InChI is InChI=1S/C30H30N4/c1-3-15-33(16-4-1)23-9-11-25-21(19-23)7-13-27-29(25)32-30-26-12-10-24(34-17-5-2-6-18-34)20-22(26)8-14-28(30)31-27/h7-14,19-20H,1-6,15-18H2. The van der Waals surface area contributed by atoms with Crippen LogP contribution in [0.4, 0.5) is 11.4 Å². The molecule has 0 amide bonds. The number of nitrogens with zero attached hydrogens (tertiary/aromatic N) is 4. The van der Waals surface area contributed by atoms with Crippen LogP contribution in [-0.4, -0.2) is 36.1 Å². The molecule has 0 saturated carbocycles. The summed E-state index contributed by atoms with van der Waals surface area (Å²) in [5, 5.41) is 4.87. The zero-order valence-electron chi connectivity index (χ0n) is 19.6. The molecule has 34 heavy (non-hydrogen) atoms. The van der Waals surface area contributed by atoms with Crippen molar-refractivity contribution in [3.63, 3.8) is 0 Å². The molecular formula is C30H30N4. The summed E-state index contributed by atoms with van der Waals surface area (Å²) >= 11 is 0. The van der Waals surface area contributed by atoms with Crippen molar-refractivity contribution in [2.75, 3.05) is 36.0 Å². The predicted octanol–water partition coefficient (Wildman–Crippen LogP) is 7.07. The highest BCUT2D eigenvalue weighted by molar-refractivity contribution is 6.11. The normalized spacial score (nSPS) is 17.3. The lowest BCUT2D eigenvalue weighted by molar-refractivity contribution is 0.578. The Bertz CT molecular complexity index is 1420. The molecule has 2 aliphatic heterocycles. The lowest BCUT2D eigenvalue weighted by atomic mass is 10.0. The molecule has 7 rings (SSSR count). The molecule has 3 heterocycles. The highest BCUT2D eigenvalue weighted by atomic mass is 15.1. The van der Waals surface area contributed by atoms with Gasteiger partial charge in [0.1, 0.15) is 0 Å². The van der Waals surface area contributed by atoms with Crippen LogP contribution in [0.25, 0.3) is 43.6 Å². The molecule has 0 N–H and O–H groups in total. The van der Waals surface area contributed by atoms with E-state index in [1.54, 1.807) is 0 Å². The van der Waals surface area contributed by atoms with E-state index in [1.807, 2.05) is 0 Å². The second-order valence-corrected chi connectivity index (χ2v) is 10.00. The van der Waals surface area contributed by atoms with Gasteiger partial charge in [-0.3, -0.25) is 0 Å². The SMILES string of the molecule is c1cc2c(ccc3nc4ccc5cc(N6CCCCC6)ccc5c4nc32)cc1N1CCCCC1. The van der Waals surface area contributed by atoms with Crippen LogP contribution >= 0.6 is 0 Å². The van der Waals surface area contributed by atoms with Crippen molar-refractivity contribution in [2.45, 2.75) is 38.5 Å². The van der Waals surface area contributed by atoms with Gasteiger partial charge in [0.15, 0.2) is 0 Å². The van der Waals surface area contributed by atoms with E-state index in [2.05, 4.69) is 70.5 Å². The molecule has 0 bridgehead atoms. The Morgan fingerprint density at radius 3 is 1.41 bits per heavy atom. The van der Waals surface area contributed by atoms with Crippen LogP contribution in [0.3, 0.4) is 0 Å². The van der Waals surface area contributed by atoms with Crippen molar-refractivity contribution < 1.29 is 0 Å². The predicted molar refractivity (Wildman–Crippen MR) is 144 cm³/mol. The quantitative estimate of drug-likeness (QED) is 0.214. The highest BCUT2D eigenvalue weighted by Crippen LogP contribution is 2.33. The molecule has 0 spiro atoms. The van der Waals surface area contributed by atoms with Gasteiger partial charge in [0, 0.05) is 48.3 Å². The second-order valence-electron chi connectivity index (χ2n) is 10.00. The van der Waals surface area contributed by atoms with Crippen LogP contribution in [0.15, 0.2) is 60.7 Å². The Balaban J connectivity index is 1.36. The van der Waals surface area contributed by atoms with E-state index in [1.165, 1.54) is 71.4 Å². The summed E-state index contributed by atoms with van der Waals surface area (Å²) in [4.78, 5) is 15.3. The van der Waals surface area contributed by atoms with Gasteiger partial charge in [-0.25, -0.2) is 9.97 Å². The van der Waals surface area contributed by atoms with Crippen molar-refractivity contribution in [1.82, 2.24) is 9.97 Å². The average molecular weight is 447 g/mol. The summed E-state index contributed by atoms with van der Waals surface area (Å²) in [7, 11) is 0. The number of rotatable bonds is 2. The number of aromatic nitrogens is 2. The van der Waals surface area contributed by atoms with Gasteiger partial charge in [-0.05, 0) is 85.7 Å². The molecule has 2 aliphatic rings. The molecule has 0 unspecified atom stereocenters. The Hall–Kier alpha value is -3.40. The third kappa shape index (κ3) is 3.35. The molecule has 0 radical (unpaired) electrons. The average Bonchev–Trinajstić information content (AvgIpc) is 2.92. The molecular weight excluding hydrogens is 416 g/mol. The monoisotopic (exact) mass is 446 g/mol. The molecule has 1 aromatic heterocycles. The van der Waals surface area contributed by atoms with Crippen molar-refractivity contribution in [3.8, 4) is 0 Å². The van der Waals surface area contributed by atoms with Gasteiger partial charge in [-0.1, -0.05) is 24.3 Å². The zero-order chi connectivity index (χ0) is 22.5. The summed E-state index contributed by atoms with van der Waals surface area (Å²) in [6, 6.07) is 22.4. The maximum absolute atomic E-state index is 5.23. The van der Waals surface area contributed by atoms with E-state index in [9.17, 15) is 0 Å². The van der Waals surface area contributed by atoms with Crippen molar-refractivity contribution in [2.24, 2.45) is 0 Å². The number of hydrogen-bond donors (Lipinski definition) is 0. The van der Waals surface area contributed by atoms with E-state index in [-0.39, 0.29) is 0 Å². The molecule has 2 fully saturated rings. The van der Waals surface area contributed by atoms with Crippen molar-refractivity contribution >= 4 is 55.0 Å². The first-order valence-corrected chi connectivity index (χ1v) is 12.9. The van der Waals surface area contributed by atoms with E-state index < -0.39 is 0 Å². The molecule has 4 nitrogen and oxygen atoms in total. The van der Waals surface area contributed by atoms with Gasteiger partial charge in [0.25, 0.3) is 0 Å². The van der Waals surface area contributed by atoms with E-state index in [0.29, 0.717) is 0 Å². The van der Waals surface area contributed by atoms with E-state index >= 15 is 0 Å². The fraction of sp³-hybridized carbons (Fsp3) is 0.333. The highest BCUT2D eigenvalue weighted by Gasteiger charge is 2.15. The number of fused-ring (bicyclic) bond motifs is 6. The van der Waals surface area contributed by atoms with E-state index in [0.717, 1.165) is 48.2 Å². The minimum absolute atomic E-state index is 0.968. The molecule has 5 aromatic rings. The molecule has 0 aliphatic carbocycles. The van der Waals surface area contributed by atoms with Gasteiger partial charge in [0.05, 0.1) is 22.1 Å².